The molecule has 0 aliphatic carbocycles. The minimum absolute atomic E-state index is 0.195. The maximum absolute atomic E-state index is 12.5. The van der Waals surface area contributed by atoms with E-state index < -0.39 is 5.91 Å². The molecule has 2 aromatic carbocycles. The van der Waals surface area contributed by atoms with Crippen LogP contribution in [0.1, 0.15) is 21.6 Å². The summed E-state index contributed by atoms with van der Waals surface area (Å²) in [6, 6.07) is 18.0. The first-order valence-electron chi connectivity index (χ1n) is 8.19. The van der Waals surface area contributed by atoms with Gasteiger partial charge in [0.05, 0.1) is 18.4 Å². The Bertz CT molecular complexity index is 997. The number of anilines is 2. The molecule has 134 valence electrons. The molecule has 2 N–H and O–H groups in total. The molecule has 1 aromatic heterocycles. The van der Waals surface area contributed by atoms with Crippen LogP contribution in [0, 0.1) is 11.3 Å². The van der Waals surface area contributed by atoms with Crippen LogP contribution in [-0.4, -0.2) is 23.0 Å². The van der Waals surface area contributed by atoms with Crippen LogP contribution in [-0.2, 0) is 6.54 Å². The molecule has 0 spiro atoms. The van der Waals surface area contributed by atoms with Crippen molar-refractivity contribution in [3.63, 3.8) is 0 Å². The van der Waals surface area contributed by atoms with Gasteiger partial charge in [0, 0.05) is 18.2 Å². The zero-order valence-corrected chi connectivity index (χ0v) is 14.6. The summed E-state index contributed by atoms with van der Waals surface area (Å²) >= 11 is 0. The Morgan fingerprint density at radius 1 is 1.15 bits per heavy atom. The van der Waals surface area contributed by atoms with Gasteiger partial charge in [0.2, 0.25) is 0 Å². The Hall–Kier alpha value is -3.92. The second kappa shape index (κ2) is 8.45. The number of carbonyl (C=O) groups is 1. The molecule has 0 atom stereocenters. The number of ether oxygens (including phenoxy) is 1. The van der Waals surface area contributed by atoms with Gasteiger partial charge in [-0.1, -0.05) is 30.3 Å². The van der Waals surface area contributed by atoms with Gasteiger partial charge in [-0.05, 0) is 18.2 Å². The number of para-hydroxylation sites is 2. The standard InChI is InChI=1S/C20H17N5O2/c1-27-18-9-5-3-7-15(18)12-22-19-10-17(23-13-24-19)20(26)25-16-8-4-2-6-14(16)11-21/h2-10,13H,12H2,1H3,(H,25,26)(H,22,23,24). The lowest BCUT2D eigenvalue weighted by molar-refractivity contribution is 0.102. The van der Waals surface area contributed by atoms with Crippen molar-refractivity contribution in [1.82, 2.24) is 9.97 Å². The van der Waals surface area contributed by atoms with Crippen molar-refractivity contribution in [3.8, 4) is 11.8 Å². The van der Waals surface area contributed by atoms with Crippen molar-refractivity contribution in [2.45, 2.75) is 6.54 Å². The van der Waals surface area contributed by atoms with Crippen molar-refractivity contribution in [3.05, 3.63) is 77.7 Å². The smallest absolute Gasteiger partial charge is 0.274 e. The zero-order chi connectivity index (χ0) is 19.1. The number of nitrogens with zero attached hydrogens (tertiary/aromatic N) is 3. The highest BCUT2D eigenvalue weighted by Crippen LogP contribution is 2.19. The van der Waals surface area contributed by atoms with Gasteiger partial charge in [-0.25, -0.2) is 9.97 Å². The number of benzene rings is 2. The van der Waals surface area contributed by atoms with Crippen LogP contribution in [0.25, 0.3) is 0 Å². The largest absolute Gasteiger partial charge is 0.496 e. The third-order valence-corrected chi connectivity index (χ3v) is 3.85. The lowest BCUT2D eigenvalue weighted by atomic mass is 10.2. The number of nitrogens with one attached hydrogen (secondary N) is 2. The summed E-state index contributed by atoms with van der Waals surface area (Å²) in [4.78, 5) is 20.6. The number of aromatic nitrogens is 2. The Morgan fingerprint density at radius 2 is 1.93 bits per heavy atom. The van der Waals surface area contributed by atoms with E-state index >= 15 is 0 Å². The molecule has 0 aliphatic rings. The van der Waals surface area contributed by atoms with Crippen LogP contribution in [0.4, 0.5) is 11.5 Å². The predicted octanol–water partition coefficient (Wildman–Crippen LogP) is 3.22. The lowest BCUT2D eigenvalue weighted by Gasteiger charge is -2.10. The number of hydrogen-bond donors (Lipinski definition) is 2. The molecule has 0 aliphatic heterocycles. The van der Waals surface area contributed by atoms with Crippen molar-refractivity contribution in [1.29, 1.82) is 5.26 Å². The van der Waals surface area contributed by atoms with Crippen LogP contribution in [0.15, 0.2) is 60.9 Å². The molecule has 0 saturated heterocycles. The normalized spacial score (nSPS) is 9.93. The molecule has 1 amide bonds. The van der Waals surface area contributed by atoms with Crippen molar-refractivity contribution in [2.24, 2.45) is 0 Å². The third kappa shape index (κ3) is 4.38. The molecule has 1 heterocycles. The molecule has 0 saturated carbocycles. The molecule has 7 heteroatoms. The van der Waals surface area contributed by atoms with E-state index in [2.05, 4.69) is 20.6 Å². The fourth-order valence-electron chi connectivity index (χ4n) is 2.49. The van der Waals surface area contributed by atoms with E-state index in [-0.39, 0.29) is 5.69 Å². The molecule has 27 heavy (non-hydrogen) atoms. The summed E-state index contributed by atoms with van der Waals surface area (Å²) in [5.41, 5.74) is 1.98. The van der Waals surface area contributed by atoms with Gasteiger partial charge < -0.3 is 15.4 Å². The monoisotopic (exact) mass is 359 g/mol. The second-order valence-electron chi connectivity index (χ2n) is 5.57. The minimum atomic E-state index is -0.416. The fourth-order valence-corrected chi connectivity index (χ4v) is 2.49. The Balaban J connectivity index is 1.71. The number of carbonyl (C=O) groups excluding carboxylic acids is 1. The van der Waals surface area contributed by atoms with E-state index in [4.69, 9.17) is 10.00 Å². The number of amides is 1. The third-order valence-electron chi connectivity index (χ3n) is 3.85. The Kier molecular flexibility index (Phi) is 5.60. The molecular formula is C20H17N5O2. The van der Waals surface area contributed by atoms with Gasteiger partial charge >= 0.3 is 0 Å². The van der Waals surface area contributed by atoms with Crippen LogP contribution >= 0.6 is 0 Å². The summed E-state index contributed by atoms with van der Waals surface area (Å²) in [5.74, 6) is 0.861. The highest BCUT2D eigenvalue weighted by atomic mass is 16.5. The van der Waals surface area contributed by atoms with E-state index in [0.717, 1.165) is 11.3 Å². The van der Waals surface area contributed by atoms with Crippen molar-refractivity contribution in [2.75, 3.05) is 17.7 Å². The van der Waals surface area contributed by atoms with E-state index in [1.54, 1.807) is 37.4 Å². The van der Waals surface area contributed by atoms with E-state index in [1.807, 2.05) is 30.3 Å². The van der Waals surface area contributed by atoms with Gasteiger partial charge in [-0.15, -0.1) is 0 Å². The molecule has 0 unspecified atom stereocenters. The van der Waals surface area contributed by atoms with Crippen LogP contribution in [0.5, 0.6) is 5.75 Å². The van der Waals surface area contributed by atoms with Gasteiger partial charge in [0.1, 0.15) is 29.7 Å². The Morgan fingerprint density at radius 3 is 2.74 bits per heavy atom. The van der Waals surface area contributed by atoms with Crippen LogP contribution < -0.4 is 15.4 Å². The number of methoxy groups -OCH3 is 1. The molecule has 0 fully saturated rings. The van der Waals surface area contributed by atoms with Crippen LogP contribution in [0.3, 0.4) is 0 Å². The van der Waals surface area contributed by atoms with Gasteiger partial charge in [0.25, 0.3) is 5.91 Å². The fraction of sp³-hybridized carbons (Fsp3) is 0.100. The number of hydrogen-bond acceptors (Lipinski definition) is 6. The van der Waals surface area contributed by atoms with Crippen molar-refractivity contribution < 1.29 is 9.53 Å². The number of nitriles is 1. The lowest BCUT2D eigenvalue weighted by Crippen LogP contribution is -2.15. The summed E-state index contributed by atoms with van der Waals surface area (Å²) in [6.45, 7) is 0.485. The zero-order valence-electron chi connectivity index (χ0n) is 14.6. The molecular weight excluding hydrogens is 342 g/mol. The van der Waals surface area contributed by atoms with Crippen LogP contribution in [0.2, 0.25) is 0 Å². The maximum atomic E-state index is 12.5. The molecule has 3 aromatic rings. The summed E-state index contributed by atoms with van der Waals surface area (Å²) in [5, 5.41) is 15.0. The summed E-state index contributed by atoms with van der Waals surface area (Å²) in [6.07, 6.45) is 1.32. The maximum Gasteiger partial charge on any atom is 0.274 e. The summed E-state index contributed by atoms with van der Waals surface area (Å²) in [7, 11) is 1.62. The van der Waals surface area contributed by atoms with Gasteiger partial charge in [-0.3, -0.25) is 4.79 Å². The summed E-state index contributed by atoms with van der Waals surface area (Å²) < 4.78 is 5.32. The van der Waals surface area contributed by atoms with Gasteiger partial charge in [0.15, 0.2) is 0 Å². The second-order valence-corrected chi connectivity index (χ2v) is 5.57. The average Bonchev–Trinajstić information content (AvgIpc) is 2.73. The topological polar surface area (TPSA) is 99.9 Å². The van der Waals surface area contributed by atoms with E-state index in [0.29, 0.717) is 23.6 Å². The molecule has 0 bridgehead atoms. The predicted molar refractivity (Wildman–Crippen MR) is 101 cm³/mol. The first-order chi connectivity index (χ1) is 13.2. The van der Waals surface area contributed by atoms with E-state index in [1.165, 1.54) is 6.33 Å². The minimum Gasteiger partial charge on any atom is -0.496 e. The highest BCUT2D eigenvalue weighted by Gasteiger charge is 2.11. The molecule has 3 rings (SSSR count). The average molecular weight is 359 g/mol. The number of rotatable bonds is 6. The van der Waals surface area contributed by atoms with Crippen molar-refractivity contribution >= 4 is 17.4 Å². The van der Waals surface area contributed by atoms with E-state index in [9.17, 15) is 4.79 Å². The molecule has 0 radical (unpaired) electrons. The SMILES string of the molecule is COc1ccccc1CNc1cc(C(=O)Nc2ccccc2C#N)ncn1. The first kappa shape index (κ1) is 17.9. The highest BCUT2D eigenvalue weighted by molar-refractivity contribution is 6.03. The Labute approximate surface area is 156 Å². The molecule has 7 nitrogen and oxygen atoms in total. The van der Waals surface area contributed by atoms with Gasteiger partial charge in [-0.2, -0.15) is 5.26 Å². The quantitative estimate of drug-likeness (QED) is 0.701. The first-order valence-corrected chi connectivity index (χ1v) is 8.19.